The van der Waals surface area contributed by atoms with Gasteiger partial charge in [0, 0.05) is 42.1 Å². The van der Waals surface area contributed by atoms with Crippen LogP contribution >= 0.6 is 0 Å². The molecule has 7 nitrogen and oxygen atoms in total. The number of pyridine rings is 2. The fourth-order valence-corrected chi connectivity index (χ4v) is 3.91. The predicted molar refractivity (Wildman–Crippen MR) is 158 cm³/mol. The quantitative estimate of drug-likeness (QED) is 0.220. The number of hydrogen-bond donors (Lipinski definition) is 1. The van der Waals surface area contributed by atoms with Gasteiger partial charge in [0.15, 0.2) is 0 Å². The third-order valence-electron chi connectivity index (χ3n) is 5.73. The molecule has 0 aliphatic heterocycles. The Balaban J connectivity index is 1.43. The average Bonchev–Trinajstić information content (AvgIpc) is 2.98. The number of aromatic nitrogens is 2. The van der Waals surface area contributed by atoms with E-state index in [0.717, 1.165) is 45.5 Å². The first kappa shape index (κ1) is 25.2. The molecule has 0 spiro atoms. The number of hydrogen-bond acceptors (Lipinski definition) is 6. The highest BCUT2D eigenvalue weighted by molar-refractivity contribution is 5.89. The summed E-state index contributed by atoms with van der Waals surface area (Å²) in [7, 11) is 0. The Morgan fingerprint density at radius 1 is 0.641 bits per heavy atom. The summed E-state index contributed by atoms with van der Waals surface area (Å²) >= 11 is 0. The second kappa shape index (κ2) is 12.2. The monoisotopic (exact) mass is 510 g/mol. The highest BCUT2D eigenvalue weighted by Crippen LogP contribution is 2.36. The van der Waals surface area contributed by atoms with Gasteiger partial charge in [0.25, 0.3) is 0 Å². The molecule has 0 radical (unpaired) electrons. The van der Waals surface area contributed by atoms with Crippen LogP contribution in [-0.4, -0.2) is 28.3 Å². The van der Waals surface area contributed by atoms with Gasteiger partial charge in [-0.3, -0.25) is 24.7 Å². The van der Waals surface area contributed by atoms with Crippen molar-refractivity contribution in [2.75, 3.05) is 10.2 Å². The third-order valence-corrected chi connectivity index (χ3v) is 5.73. The largest absolute Gasteiger partial charge is 0.326 e. The minimum atomic E-state index is -0.108. The van der Waals surface area contributed by atoms with E-state index in [1.165, 1.54) is 6.92 Å². The number of carbonyl (C=O) groups excluding carboxylic acids is 1. The third kappa shape index (κ3) is 6.87. The summed E-state index contributed by atoms with van der Waals surface area (Å²) < 4.78 is 0. The van der Waals surface area contributed by atoms with E-state index in [9.17, 15) is 4.79 Å². The van der Waals surface area contributed by atoms with Crippen LogP contribution in [0.15, 0.2) is 132 Å². The Hall–Kier alpha value is -5.43. The molecule has 0 aliphatic rings. The van der Waals surface area contributed by atoms with E-state index in [1.807, 2.05) is 109 Å². The van der Waals surface area contributed by atoms with Gasteiger partial charge < -0.3 is 10.2 Å². The van der Waals surface area contributed by atoms with E-state index in [0.29, 0.717) is 0 Å². The Labute approximate surface area is 227 Å². The molecule has 3 aromatic carbocycles. The smallest absolute Gasteiger partial charge is 0.221 e. The molecular formula is C32H26N6O. The Kier molecular flexibility index (Phi) is 7.90. The maximum absolute atomic E-state index is 11.5. The molecule has 5 aromatic rings. The summed E-state index contributed by atoms with van der Waals surface area (Å²) in [6, 6.07) is 35.2. The lowest BCUT2D eigenvalue weighted by molar-refractivity contribution is -0.114. The molecule has 0 aliphatic carbocycles. The summed E-state index contributed by atoms with van der Waals surface area (Å²) in [5, 5.41) is 2.82. The lowest BCUT2D eigenvalue weighted by Crippen LogP contribution is -2.10. The molecule has 7 heteroatoms. The Bertz CT molecular complexity index is 1470. The molecule has 190 valence electrons. The average molecular weight is 511 g/mol. The van der Waals surface area contributed by atoms with E-state index in [-0.39, 0.29) is 5.91 Å². The van der Waals surface area contributed by atoms with Crippen molar-refractivity contribution in [2.45, 2.75) is 6.92 Å². The number of nitrogens with zero attached hydrogens (tertiary/aromatic N) is 5. The molecule has 5 rings (SSSR count). The van der Waals surface area contributed by atoms with Crippen LogP contribution in [0.4, 0.5) is 34.1 Å². The first-order valence-electron chi connectivity index (χ1n) is 12.4. The van der Waals surface area contributed by atoms with E-state index in [1.54, 1.807) is 24.8 Å². The van der Waals surface area contributed by atoms with Gasteiger partial charge in [-0.2, -0.15) is 0 Å². The van der Waals surface area contributed by atoms with Gasteiger partial charge in [0.1, 0.15) is 0 Å². The zero-order valence-electron chi connectivity index (χ0n) is 21.3. The molecule has 0 saturated heterocycles. The van der Waals surface area contributed by atoms with Crippen LogP contribution in [0.1, 0.15) is 18.3 Å². The summed E-state index contributed by atoms with van der Waals surface area (Å²) in [5.41, 5.74) is 6.85. The van der Waals surface area contributed by atoms with Crippen molar-refractivity contribution in [3.63, 3.8) is 0 Å². The summed E-state index contributed by atoms with van der Waals surface area (Å²) in [6.45, 7) is 1.50. The number of aliphatic imine (C=N–C) groups is 2. The van der Waals surface area contributed by atoms with Crippen molar-refractivity contribution < 1.29 is 4.79 Å². The summed E-state index contributed by atoms with van der Waals surface area (Å²) in [5.74, 6) is -0.108. The van der Waals surface area contributed by atoms with Crippen molar-refractivity contribution in [2.24, 2.45) is 9.98 Å². The number of rotatable bonds is 8. The van der Waals surface area contributed by atoms with Crippen LogP contribution < -0.4 is 10.2 Å². The van der Waals surface area contributed by atoms with Crippen molar-refractivity contribution >= 4 is 52.5 Å². The maximum Gasteiger partial charge on any atom is 0.221 e. The van der Waals surface area contributed by atoms with Crippen LogP contribution in [-0.2, 0) is 4.79 Å². The molecule has 0 unspecified atom stereocenters. The lowest BCUT2D eigenvalue weighted by Gasteiger charge is -2.26. The van der Waals surface area contributed by atoms with Crippen LogP contribution in [0.3, 0.4) is 0 Å². The van der Waals surface area contributed by atoms with E-state index >= 15 is 0 Å². The van der Waals surface area contributed by atoms with Crippen molar-refractivity contribution in [3.8, 4) is 0 Å². The molecule has 1 amide bonds. The Morgan fingerprint density at radius 2 is 1.08 bits per heavy atom. The number of anilines is 4. The first-order valence-corrected chi connectivity index (χ1v) is 12.4. The zero-order chi connectivity index (χ0) is 26.9. The molecule has 1 N–H and O–H groups in total. The summed E-state index contributed by atoms with van der Waals surface area (Å²) in [4.78, 5) is 31.3. The van der Waals surface area contributed by atoms with Gasteiger partial charge in [0.05, 0.1) is 35.2 Å². The van der Waals surface area contributed by atoms with Gasteiger partial charge in [-0.15, -0.1) is 0 Å². The topological polar surface area (TPSA) is 82.8 Å². The molecule has 2 heterocycles. The fourth-order valence-electron chi connectivity index (χ4n) is 3.91. The molecule has 0 bridgehead atoms. The van der Waals surface area contributed by atoms with Crippen molar-refractivity contribution in [3.05, 3.63) is 133 Å². The van der Waals surface area contributed by atoms with Gasteiger partial charge in [0.2, 0.25) is 5.91 Å². The second-order valence-corrected chi connectivity index (χ2v) is 8.62. The number of nitrogens with one attached hydrogen (secondary N) is 1. The zero-order valence-corrected chi connectivity index (χ0v) is 21.3. The number of benzene rings is 3. The van der Waals surface area contributed by atoms with Crippen LogP contribution in [0.25, 0.3) is 0 Å². The fraction of sp³-hybridized carbons (Fsp3) is 0.0312. The van der Waals surface area contributed by atoms with Crippen LogP contribution in [0.5, 0.6) is 0 Å². The maximum atomic E-state index is 11.5. The molecule has 39 heavy (non-hydrogen) atoms. The number of amides is 1. The van der Waals surface area contributed by atoms with E-state index in [2.05, 4.69) is 30.2 Å². The van der Waals surface area contributed by atoms with Gasteiger partial charge in [-0.1, -0.05) is 12.1 Å². The first-order chi connectivity index (χ1) is 19.1. The van der Waals surface area contributed by atoms with Crippen LogP contribution in [0, 0.1) is 0 Å². The van der Waals surface area contributed by atoms with E-state index in [4.69, 9.17) is 0 Å². The lowest BCUT2D eigenvalue weighted by atomic mass is 10.1. The molecule has 0 atom stereocenters. The summed E-state index contributed by atoms with van der Waals surface area (Å²) in [6.07, 6.45) is 6.98. The highest BCUT2D eigenvalue weighted by atomic mass is 16.1. The molecule has 0 saturated carbocycles. The minimum absolute atomic E-state index is 0.108. The Morgan fingerprint density at radius 3 is 1.46 bits per heavy atom. The molecular weight excluding hydrogens is 484 g/mol. The highest BCUT2D eigenvalue weighted by Gasteiger charge is 2.13. The van der Waals surface area contributed by atoms with Crippen molar-refractivity contribution in [1.82, 2.24) is 9.97 Å². The molecule has 2 aromatic heterocycles. The normalized spacial score (nSPS) is 11.1. The second-order valence-electron chi connectivity index (χ2n) is 8.62. The SMILES string of the molecule is CC(=O)Nc1ccc(N(c2ccc(N=Cc3ccccn3)cc2)c2ccc(N=Cc3ccccn3)cc2)cc1. The van der Waals surface area contributed by atoms with E-state index < -0.39 is 0 Å². The minimum Gasteiger partial charge on any atom is -0.326 e. The van der Waals surface area contributed by atoms with Gasteiger partial charge in [-0.05, 0) is 97.1 Å². The van der Waals surface area contributed by atoms with Crippen molar-refractivity contribution in [1.29, 1.82) is 0 Å². The van der Waals surface area contributed by atoms with Crippen LogP contribution in [0.2, 0.25) is 0 Å². The molecule has 0 fully saturated rings. The van der Waals surface area contributed by atoms with Gasteiger partial charge in [-0.25, -0.2) is 0 Å². The van der Waals surface area contributed by atoms with Gasteiger partial charge >= 0.3 is 0 Å². The predicted octanol–water partition coefficient (Wildman–Crippen LogP) is 7.41. The number of carbonyl (C=O) groups is 1. The standard InChI is InChI=1S/C32H26N6O/c1-24(39)37-27-12-18-32(19-13-27)38(30-14-8-25(9-15-30)35-22-28-6-2-4-20-33-28)31-16-10-26(11-17-31)36-23-29-7-3-5-21-34-29/h2-23H,1H3,(H,37,39).